The first-order chi connectivity index (χ1) is 7.41. The summed E-state index contributed by atoms with van der Waals surface area (Å²) in [6.07, 6.45) is 0. The van der Waals surface area contributed by atoms with Gasteiger partial charge in [-0.2, -0.15) is 4.39 Å². The summed E-state index contributed by atoms with van der Waals surface area (Å²) in [5, 5.41) is 8.06. The summed E-state index contributed by atoms with van der Waals surface area (Å²) in [5.74, 6) is -3.07. The molecule has 0 aliphatic heterocycles. The summed E-state index contributed by atoms with van der Waals surface area (Å²) in [5.41, 5.74) is -0.501. The second-order valence-corrected chi connectivity index (χ2v) is 3.30. The van der Waals surface area contributed by atoms with Gasteiger partial charge in [-0.3, -0.25) is 4.99 Å². The number of pyridine rings is 1. The van der Waals surface area contributed by atoms with Crippen LogP contribution in [-0.4, -0.2) is 21.8 Å². The van der Waals surface area contributed by atoms with Crippen LogP contribution in [0.1, 0.15) is 12.6 Å². The number of carbonyl (C=O) groups is 1. The molecular formula is C9H7ClF2N2O2. The van der Waals surface area contributed by atoms with Crippen LogP contribution in [0.15, 0.2) is 11.1 Å². The highest BCUT2D eigenvalue weighted by atomic mass is 35.5. The number of hydrogen-bond acceptors (Lipinski definition) is 3. The van der Waals surface area contributed by atoms with Crippen molar-refractivity contribution < 1.29 is 18.7 Å². The van der Waals surface area contributed by atoms with Crippen molar-refractivity contribution in [1.29, 1.82) is 0 Å². The van der Waals surface area contributed by atoms with Crippen LogP contribution in [0.2, 0.25) is 5.02 Å². The van der Waals surface area contributed by atoms with Gasteiger partial charge in [0, 0.05) is 0 Å². The normalized spacial score (nSPS) is 11.6. The highest BCUT2D eigenvalue weighted by Crippen LogP contribution is 2.16. The van der Waals surface area contributed by atoms with Crippen LogP contribution in [0.4, 0.5) is 8.78 Å². The van der Waals surface area contributed by atoms with Crippen LogP contribution >= 0.6 is 11.6 Å². The largest absolute Gasteiger partial charge is 0.477 e. The van der Waals surface area contributed by atoms with Crippen molar-refractivity contribution >= 4 is 23.3 Å². The molecule has 0 saturated heterocycles. The Balaban J connectivity index is 2.94. The zero-order valence-electron chi connectivity index (χ0n) is 8.17. The van der Waals surface area contributed by atoms with Gasteiger partial charge < -0.3 is 5.11 Å². The Hall–Kier alpha value is -1.56. The van der Waals surface area contributed by atoms with E-state index in [1.807, 2.05) is 0 Å². The molecule has 1 aromatic rings. The molecule has 0 unspecified atom stereocenters. The molecule has 0 aliphatic carbocycles. The summed E-state index contributed by atoms with van der Waals surface area (Å²) in [6.45, 7) is 0.893. The highest BCUT2D eigenvalue weighted by Gasteiger charge is 2.10. The number of nitrogens with zero attached hydrogens (tertiary/aromatic N) is 2. The molecule has 0 amide bonds. The van der Waals surface area contributed by atoms with Crippen LogP contribution < -0.4 is 0 Å². The number of carboxylic acid groups (broad SMARTS) is 1. The Bertz CT molecular complexity index is 463. The van der Waals surface area contributed by atoms with Gasteiger partial charge in [0.2, 0.25) is 5.95 Å². The van der Waals surface area contributed by atoms with Crippen molar-refractivity contribution in [3.8, 4) is 0 Å². The fourth-order valence-electron chi connectivity index (χ4n) is 0.851. The molecule has 0 aliphatic rings. The van der Waals surface area contributed by atoms with E-state index in [9.17, 15) is 13.6 Å². The van der Waals surface area contributed by atoms with Gasteiger partial charge in [-0.05, 0) is 13.0 Å². The smallest absolute Gasteiger partial charge is 0.349 e. The van der Waals surface area contributed by atoms with Crippen LogP contribution in [0.5, 0.6) is 0 Å². The Labute approximate surface area is 94.6 Å². The van der Waals surface area contributed by atoms with Crippen LogP contribution in [0.25, 0.3) is 0 Å². The monoisotopic (exact) mass is 248 g/mol. The predicted octanol–water partition coefficient (Wildman–Crippen LogP) is 2.06. The average molecular weight is 249 g/mol. The topological polar surface area (TPSA) is 62.5 Å². The molecule has 16 heavy (non-hydrogen) atoms. The molecule has 0 bridgehead atoms. The lowest BCUT2D eigenvalue weighted by atomic mass is 10.3. The molecule has 1 heterocycles. The van der Waals surface area contributed by atoms with E-state index in [2.05, 4.69) is 9.98 Å². The first-order valence-corrected chi connectivity index (χ1v) is 4.54. The molecule has 0 aromatic carbocycles. The SMILES string of the molecule is CC(=NCc1nc(F)c(Cl)cc1F)C(=O)O. The molecule has 1 N–H and O–H groups in total. The van der Waals surface area contributed by atoms with E-state index in [0.29, 0.717) is 0 Å². The maximum atomic E-state index is 13.2. The quantitative estimate of drug-likeness (QED) is 0.658. The van der Waals surface area contributed by atoms with Crippen LogP contribution in [0.3, 0.4) is 0 Å². The third-order valence-electron chi connectivity index (χ3n) is 1.73. The Morgan fingerprint density at radius 2 is 2.25 bits per heavy atom. The molecule has 0 fully saturated rings. The van der Waals surface area contributed by atoms with Gasteiger partial charge in [0.05, 0.1) is 11.6 Å². The van der Waals surface area contributed by atoms with Crippen molar-refractivity contribution in [1.82, 2.24) is 4.98 Å². The van der Waals surface area contributed by atoms with Gasteiger partial charge in [-0.15, -0.1) is 0 Å². The lowest BCUT2D eigenvalue weighted by Gasteiger charge is -2.01. The van der Waals surface area contributed by atoms with Gasteiger partial charge in [0.15, 0.2) is 0 Å². The van der Waals surface area contributed by atoms with Gasteiger partial charge in [0.25, 0.3) is 0 Å². The molecule has 1 aromatic heterocycles. The molecular weight excluding hydrogens is 242 g/mol. The molecule has 0 saturated carbocycles. The number of halogens is 3. The average Bonchev–Trinajstić information content (AvgIpc) is 2.20. The molecule has 86 valence electrons. The van der Waals surface area contributed by atoms with Crippen molar-refractivity contribution in [2.45, 2.75) is 13.5 Å². The Morgan fingerprint density at radius 3 is 2.81 bits per heavy atom. The van der Waals surface area contributed by atoms with Crippen LogP contribution in [-0.2, 0) is 11.3 Å². The van der Waals surface area contributed by atoms with E-state index in [1.165, 1.54) is 6.92 Å². The fourth-order valence-corrected chi connectivity index (χ4v) is 0.989. The maximum absolute atomic E-state index is 13.2. The minimum Gasteiger partial charge on any atom is -0.477 e. The standard InChI is InChI=1S/C9H7ClF2N2O2/c1-4(9(15)16)13-3-7-6(11)2-5(10)8(12)14-7/h2H,3H2,1H3,(H,15,16). The van der Waals surface area contributed by atoms with Gasteiger partial charge in [-0.1, -0.05) is 11.6 Å². The number of aromatic nitrogens is 1. The molecule has 0 atom stereocenters. The van der Waals surface area contributed by atoms with Crippen molar-refractivity contribution in [2.75, 3.05) is 0 Å². The first-order valence-electron chi connectivity index (χ1n) is 4.16. The Kier molecular flexibility index (Phi) is 3.89. The molecule has 4 nitrogen and oxygen atoms in total. The minimum absolute atomic E-state index is 0.212. The fraction of sp³-hybridized carbons (Fsp3) is 0.222. The minimum atomic E-state index is -1.23. The third-order valence-corrected chi connectivity index (χ3v) is 2.00. The third kappa shape index (κ3) is 2.96. The van der Waals surface area contributed by atoms with Gasteiger partial charge in [0.1, 0.15) is 17.2 Å². The summed E-state index contributed by atoms with van der Waals surface area (Å²) < 4.78 is 26.0. The number of aliphatic imine (C=N–C) groups is 1. The lowest BCUT2D eigenvalue weighted by Crippen LogP contribution is -2.09. The molecule has 0 radical (unpaired) electrons. The second-order valence-electron chi connectivity index (χ2n) is 2.90. The maximum Gasteiger partial charge on any atom is 0.349 e. The van der Waals surface area contributed by atoms with E-state index < -0.39 is 22.8 Å². The Morgan fingerprint density at radius 1 is 1.62 bits per heavy atom. The van der Waals surface area contributed by atoms with Crippen molar-refractivity contribution in [3.63, 3.8) is 0 Å². The number of hydrogen-bond donors (Lipinski definition) is 1. The van der Waals surface area contributed by atoms with Crippen molar-refractivity contribution in [3.05, 3.63) is 28.5 Å². The van der Waals surface area contributed by atoms with Gasteiger partial charge in [-0.25, -0.2) is 14.2 Å². The lowest BCUT2D eigenvalue weighted by molar-refractivity contribution is -0.129. The predicted molar refractivity (Wildman–Crippen MR) is 53.6 cm³/mol. The number of aliphatic carboxylic acids is 1. The summed E-state index contributed by atoms with van der Waals surface area (Å²) in [7, 11) is 0. The zero-order chi connectivity index (χ0) is 12.3. The van der Waals surface area contributed by atoms with E-state index >= 15 is 0 Å². The van der Waals surface area contributed by atoms with E-state index in [4.69, 9.17) is 16.7 Å². The summed E-state index contributed by atoms with van der Waals surface area (Å²) in [6, 6.07) is 0.769. The van der Waals surface area contributed by atoms with E-state index in [-0.39, 0.29) is 18.0 Å². The molecule has 0 spiro atoms. The number of carboxylic acids is 1. The summed E-state index contributed by atoms with van der Waals surface area (Å²) in [4.78, 5) is 17.1. The zero-order valence-corrected chi connectivity index (χ0v) is 8.92. The van der Waals surface area contributed by atoms with Gasteiger partial charge >= 0.3 is 5.97 Å². The second kappa shape index (κ2) is 4.98. The number of rotatable bonds is 3. The first kappa shape index (κ1) is 12.5. The van der Waals surface area contributed by atoms with E-state index in [0.717, 1.165) is 6.07 Å². The summed E-state index contributed by atoms with van der Waals surface area (Å²) >= 11 is 5.29. The van der Waals surface area contributed by atoms with Crippen LogP contribution in [0, 0.1) is 11.8 Å². The van der Waals surface area contributed by atoms with E-state index in [1.54, 1.807) is 0 Å². The molecule has 7 heteroatoms. The highest BCUT2D eigenvalue weighted by molar-refractivity contribution is 6.34. The van der Waals surface area contributed by atoms with Crippen molar-refractivity contribution in [2.24, 2.45) is 4.99 Å². The molecule has 1 rings (SSSR count).